The molecule has 5 heteroatoms. The van der Waals surface area contributed by atoms with Gasteiger partial charge in [-0.05, 0) is 50.1 Å². The molecule has 0 aromatic carbocycles. The van der Waals surface area contributed by atoms with Crippen molar-refractivity contribution in [3.8, 4) is 0 Å². The average molecular weight is 420 g/mol. The van der Waals surface area contributed by atoms with E-state index in [-0.39, 0.29) is 24.0 Å². The molecule has 128 valence electrons. The number of nitrogens with one attached hydrogen (secondary N) is 1. The van der Waals surface area contributed by atoms with Crippen molar-refractivity contribution in [3.63, 3.8) is 0 Å². The number of nitrogens with zero attached hydrogens (tertiary/aromatic N) is 3. The topological polar surface area (TPSA) is 30.9 Å². The molecule has 3 aliphatic rings. The van der Waals surface area contributed by atoms with Crippen LogP contribution >= 0.6 is 24.0 Å². The minimum atomic E-state index is 0. The van der Waals surface area contributed by atoms with Crippen LogP contribution in [0.3, 0.4) is 0 Å². The molecule has 0 aromatic heterocycles. The van der Waals surface area contributed by atoms with Crippen LogP contribution in [0.5, 0.6) is 0 Å². The Hall–Kier alpha value is -0.0400. The van der Waals surface area contributed by atoms with Crippen LogP contribution in [0.4, 0.5) is 0 Å². The van der Waals surface area contributed by atoms with E-state index >= 15 is 0 Å². The average Bonchev–Trinajstić information content (AvgIpc) is 3.23. The first-order valence-corrected chi connectivity index (χ1v) is 8.93. The Bertz CT molecular complexity index is 379. The van der Waals surface area contributed by atoms with Crippen LogP contribution in [0.1, 0.15) is 45.4 Å². The van der Waals surface area contributed by atoms with Crippen molar-refractivity contribution >= 4 is 29.9 Å². The van der Waals surface area contributed by atoms with Gasteiger partial charge in [0.15, 0.2) is 5.96 Å². The highest BCUT2D eigenvalue weighted by molar-refractivity contribution is 14.0. The van der Waals surface area contributed by atoms with Gasteiger partial charge < -0.3 is 15.1 Å². The van der Waals surface area contributed by atoms with Crippen LogP contribution in [-0.4, -0.2) is 62.1 Å². The minimum absolute atomic E-state index is 0. The van der Waals surface area contributed by atoms with E-state index in [2.05, 4.69) is 27.0 Å². The molecule has 2 saturated heterocycles. The molecule has 1 atom stereocenters. The molecule has 1 aliphatic carbocycles. The van der Waals surface area contributed by atoms with E-state index in [0.717, 1.165) is 18.4 Å². The molecule has 3 fully saturated rings. The molecule has 0 bridgehead atoms. The minimum Gasteiger partial charge on any atom is -0.356 e. The smallest absolute Gasteiger partial charge is 0.193 e. The Morgan fingerprint density at radius 1 is 1.23 bits per heavy atom. The summed E-state index contributed by atoms with van der Waals surface area (Å²) in [5.74, 6) is 1.94. The first-order chi connectivity index (χ1) is 10.2. The molecule has 2 aliphatic heterocycles. The van der Waals surface area contributed by atoms with Gasteiger partial charge in [-0.3, -0.25) is 4.99 Å². The Morgan fingerprint density at radius 2 is 2.00 bits per heavy atom. The summed E-state index contributed by atoms with van der Waals surface area (Å²) in [6.45, 7) is 9.51. The van der Waals surface area contributed by atoms with Crippen molar-refractivity contribution < 1.29 is 0 Å². The quantitative estimate of drug-likeness (QED) is 0.433. The van der Waals surface area contributed by atoms with Gasteiger partial charge in [-0.2, -0.15) is 0 Å². The van der Waals surface area contributed by atoms with Gasteiger partial charge in [0.25, 0.3) is 0 Å². The fourth-order valence-corrected chi connectivity index (χ4v) is 4.58. The van der Waals surface area contributed by atoms with Gasteiger partial charge in [-0.25, -0.2) is 0 Å². The van der Waals surface area contributed by atoms with Gasteiger partial charge in [-0.1, -0.05) is 19.8 Å². The summed E-state index contributed by atoms with van der Waals surface area (Å²) in [6.07, 6.45) is 8.47. The maximum atomic E-state index is 4.54. The summed E-state index contributed by atoms with van der Waals surface area (Å²) < 4.78 is 0. The molecule has 1 saturated carbocycles. The van der Waals surface area contributed by atoms with Gasteiger partial charge in [0, 0.05) is 33.2 Å². The number of likely N-dealkylation sites (tertiary alicyclic amines) is 2. The molecule has 4 nitrogen and oxygen atoms in total. The molecule has 1 spiro atoms. The molecule has 3 rings (SSSR count). The van der Waals surface area contributed by atoms with Crippen molar-refractivity contribution in [2.75, 3.05) is 46.3 Å². The van der Waals surface area contributed by atoms with Crippen molar-refractivity contribution in [1.82, 2.24) is 15.1 Å². The third-order valence-electron chi connectivity index (χ3n) is 5.98. The summed E-state index contributed by atoms with van der Waals surface area (Å²) >= 11 is 0. The molecule has 2 heterocycles. The number of hydrogen-bond acceptors (Lipinski definition) is 2. The zero-order chi connectivity index (χ0) is 14.7. The van der Waals surface area contributed by atoms with Crippen LogP contribution in [0.2, 0.25) is 0 Å². The third kappa shape index (κ3) is 4.08. The second-order valence-corrected chi connectivity index (χ2v) is 7.35. The Morgan fingerprint density at radius 3 is 2.64 bits per heavy atom. The zero-order valence-corrected chi connectivity index (χ0v) is 16.6. The predicted molar refractivity (Wildman–Crippen MR) is 104 cm³/mol. The van der Waals surface area contributed by atoms with E-state index < -0.39 is 0 Å². The lowest BCUT2D eigenvalue weighted by atomic mass is 9.86. The predicted octanol–water partition coefficient (Wildman–Crippen LogP) is 2.79. The molecule has 0 amide bonds. The van der Waals surface area contributed by atoms with Gasteiger partial charge >= 0.3 is 0 Å². The summed E-state index contributed by atoms with van der Waals surface area (Å²) in [7, 11) is 1.94. The Balaban J connectivity index is 0.00000176. The number of aliphatic imine (C=N–C) groups is 1. The van der Waals surface area contributed by atoms with Crippen LogP contribution in [-0.2, 0) is 0 Å². The van der Waals surface area contributed by atoms with E-state index in [4.69, 9.17) is 0 Å². The first-order valence-electron chi connectivity index (χ1n) is 8.93. The lowest BCUT2D eigenvalue weighted by Gasteiger charge is -2.26. The second kappa shape index (κ2) is 8.18. The number of guanidine groups is 1. The maximum Gasteiger partial charge on any atom is 0.193 e. The van der Waals surface area contributed by atoms with Crippen molar-refractivity contribution in [1.29, 1.82) is 0 Å². The fourth-order valence-electron chi connectivity index (χ4n) is 4.58. The number of hydrogen-bond donors (Lipinski definition) is 1. The largest absolute Gasteiger partial charge is 0.356 e. The lowest BCUT2D eigenvalue weighted by Crippen LogP contribution is -2.43. The molecule has 1 N–H and O–H groups in total. The van der Waals surface area contributed by atoms with E-state index in [1.165, 1.54) is 71.2 Å². The standard InChI is InChI=1S/C17H32N4.HI/c1-3-20-10-6-15(13-20)12-19-16(18-2)21-11-9-17(14-21)7-4-5-8-17;/h15H,3-14H2,1-2H3,(H,18,19);1H. The fraction of sp³-hybridized carbons (Fsp3) is 0.941. The molecule has 22 heavy (non-hydrogen) atoms. The molecule has 0 aromatic rings. The van der Waals surface area contributed by atoms with Crippen molar-refractivity contribution in [2.45, 2.75) is 45.4 Å². The molecule has 1 unspecified atom stereocenters. The van der Waals surface area contributed by atoms with Crippen molar-refractivity contribution in [2.24, 2.45) is 16.3 Å². The van der Waals surface area contributed by atoms with Gasteiger partial charge in [0.1, 0.15) is 0 Å². The SMILES string of the molecule is CCN1CCC(CNC(=NC)N2CCC3(CCCC3)C2)C1.I. The highest BCUT2D eigenvalue weighted by atomic mass is 127. The van der Waals surface area contributed by atoms with Crippen molar-refractivity contribution in [3.05, 3.63) is 0 Å². The van der Waals surface area contributed by atoms with Gasteiger partial charge in [0.05, 0.1) is 0 Å². The van der Waals surface area contributed by atoms with Gasteiger partial charge in [-0.15, -0.1) is 24.0 Å². The van der Waals surface area contributed by atoms with E-state index in [0.29, 0.717) is 5.41 Å². The number of rotatable bonds is 3. The molecular weight excluding hydrogens is 387 g/mol. The van der Waals surface area contributed by atoms with Crippen LogP contribution in [0.15, 0.2) is 4.99 Å². The van der Waals surface area contributed by atoms with Crippen LogP contribution in [0.25, 0.3) is 0 Å². The lowest BCUT2D eigenvalue weighted by molar-refractivity contribution is 0.308. The normalized spacial score (nSPS) is 28.4. The molecule has 0 radical (unpaired) electrons. The highest BCUT2D eigenvalue weighted by Crippen LogP contribution is 2.45. The van der Waals surface area contributed by atoms with E-state index in [1.54, 1.807) is 0 Å². The van der Waals surface area contributed by atoms with Crippen LogP contribution in [0, 0.1) is 11.3 Å². The third-order valence-corrected chi connectivity index (χ3v) is 5.98. The number of halogens is 1. The first kappa shape index (κ1) is 18.3. The maximum absolute atomic E-state index is 4.54. The Labute approximate surface area is 153 Å². The molecular formula is C17H33IN4. The van der Waals surface area contributed by atoms with E-state index in [1.807, 2.05) is 7.05 Å². The summed E-state index contributed by atoms with van der Waals surface area (Å²) in [6, 6.07) is 0. The van der Waals surface area contributed by atoms with Crippen LogP contribution < -0.4 is 5.32 Å². The van der Waals surface area contributed by atoms with Gasteiger partial charge in [0.2, 0.25) is 0 Å². The zero-order valence-electron chi connectivity index (χ0n) is 14.3. The Kier molecular flexibility index (Phi) is 6.80. The monoisotopic (exact) mass is 420 g/mol. The van der Waals surface area contributed by atoms with E-state index in [9.17, 15) is 0 Å². The summed E-state index contributed by atoms with van der Waals surface area (Å²) in [5.41, 5.74) is 0.629. The second-order valence-electron chi connectivity index (χ2n) is 7.35. The highest BCUT2D eigenvalue weighted by Gasteiger charge is 2.41. The summed E-state index contributed by atoms with van der Waals surface area (Å²) in [4.78, 5) is 9.61. The summed E-state index contributed by atoms with van der Waals surface area (Å²) in [5, 5.41) is 3.65.